The molecule has 0 aliphatic carbocycles. The van der Waals surface area contributed by atoms with E-state index in [4.69, 9.17) is 10.3 Å². The fourth-order valence-electron chi connectivity index (χ4n) is 4.46. The van der Waals surface area contributed by atoms with Crippen LogP contribution in [0.25, 0.3) is 15.8 Å². The van der Waals surface area contributed by atoms with Crippen LogP contribution in [0, 0.1) is 24.7 Å². The van der Waals surface area contributed by atoms with Gasteiger partial charge in [-0.25, -0.2) is 4.98 Å². The largest absolute Gasteiger partial charge is 0.650 e. The van der Waals surface area contributed by atoms with E-state index in [0.29, 0.717) is 24.3 Å². The summed E-state index contributed by atoms with van der Waals surface area (Å²) in [6.45, 7) is 11.3. The predicted molar refractivity (Wildman–Crippen MR) is 163 cm³/mol. The number of methoxy groups -OCH3 is 1. The van der Waals surface area contributed by atoms with Gasteiger partial charge < -0.3 is 25.3 Å². The maximum absolute atomic E-state index is 13.2. The summed E-state index contributed by atoms with van der Waals surface area (Å²) >= 11 is 1.15. The van der Waals surface area contributed by atoms with Crippen LogP contribution in [0.15, 0.2) is 34.8 Å². The van der Waals surface area contributed by atoms with Crippen molar-refractivity contribution in [1.82, 2.24) is 10.3 Å². The standard InChI is InChI=1S/C30H44N6O5S.Y/c1-8-19(5)26(35-36-31)28(39)33-23(17(2)3)15-25(37)29-34-24(16-42-29)27(38)32-22(13-20(6)30(40)41-7)14-21-11-9-18(4)10-12-21;/h9-12,16-17,19-20,22-23,25-26,37H,8,13-15H2,1-7H3,(H2,32,33,38,39);/p-1/t19-,20-,22+,23+,25+,26-;/m0./s1. The quantitative estimate of drug-likeness (QED) is 0.0940. The zero-order valence-corrected chi connectivity index (χ0v) is 29.7. The Balaban J connectivity index is 0.00000924. The van der Waals surface area contributed by atoms with Crippen molar-refractivity contribution in [3.05, 3.63) is 67.2 Å². The summed E-state index contributed by atoms with van der Waals surface area (Å²) in [5.41, 5.74) is 11.2. The molecule has 2 N–H and O–H groups in total. The van der Waals surface area contributed by atoms with E-state index in [9.17, 15) is 19.5 Å². The van der Waals surface area contributed by atoms with E-state index in [2.05, 4.69) is 25.6 Å². The molecule has 1 aromatic carbocycles. The van der Waals surface area contributed by atoms with Crippen molar-refractivity contribution < 1.29 is 56.9 Å². The maximum atomic E-state index is 13.2. The van der Waals surface area contributed by atoms with Crippen molar-refractivity contribution in [1.29, 1.82) is 0 Å². The van der Waals surface area contributed by atoms with Crippen molar-refractivity contribution in [3.8, 4) is 0 Å². The number of amides is 2. The fraction of sp³-hybridized carbons (Fsp3) is 0.600. The van der Waals surface area contributed by atoms with E-state index in [-0.39, 0.29) is 68.7 Å². The molecule has 1 heterocycles. The second-order valence-corrected chi connectivity index (χ2v) is 12.0. The van der Waals surface area contributed by atoms with Crippen LogP contribution in [0.2, 0.25) is 0 Å². The monoisotopic (exact) mass is 688 g/mol. The van der Waals surface area contributed by atoms with E-state index in [1.54, 1.807) is 12.3 Å². The van der Waals surface area contributed by atoms with Crippen molar-refractivity contribution in [2.75, 3.05) is 7.11 Å². The van der Waals surface area contributed by atoms with Crippen molar-refractivity contribution in [3.63, 3.8) is 0 Å². The molecule has 2 amide bonds. The number of nitrogens with zero attached hydrogens (tertiary/aromatic N) is 5. The number of aromatic nitrogens is 1. The normalized spacial score (nSPS) is 15.1. The molecule has 43 heavy (non-hydrogen) atoms. The Bertz CT molecular complexity index is 1230. The molecule has 1 radical (unpaired) electrons. The van der Waals surface area contributed by atoms with Crippen molar-refractivity contribution in [2.24, 2.45) is 22.9 Å². The third-order valence-corrected chi connectivity index (χ3v) is 8.30. The molecule has 0 fully saturated rings. The van der Waals surface area contributed by atoms with Crippen LogP contribution < -0.4 is 5.32 Å². The molecule has 1 aromatic heterocycles. The molecule has 6 atom stereocenters. The van der Waals surface area contributed by atoms with Crippen LogP contribution in [0.4, 0.5) is 0 Å². The third-order valence-electron chi connectivity index (χ3n) is 7.36. The maximum Gasteiger partial charge on any atom is 0.308 e. The molecule has 0 unspecified atom stereocenters. The average Bonchev–Trinajstić information content (AvgIpc) is 3.46. The van der Waals surface area contributed by atoms with Gasteiger partial charge in [-0.2, -0.15) is 0 Å². The number of carbonyl (C=O) groups excluding carboxylic acids is 3. The van der Waals surface area contributed by atoms with Crippen LogP contribution in [-0.2, 0) is 53.5 Å². The summed E-state index contributed by atoms with van der Waals surface area (Å²) in [6.07, 6.45) is 0.618. The Morgan fingerprint density at radius 1 is 1.16 bits per heavy atom. The molecule has 11 nitrogen and oxygen atoms in total. The molecule has 13 heteroatoms. The first-order valence-electron chi connectivity index (χ1n) is 14.3. The summed E-state index contributed by atoms with van der Waals surface area (Å²) in [4.78, 5) is 45.3. The van der Waals surface area contributed by atoms with Gasteiger partial charge in [-0.15, -0.1) is 17.4 Å². The Morgan fingerprint density at radius 3 is 2.37 bits per heavy atom. The molecule has 2 rings (SSSR count). The predicted octanol–water partition coefficient (Wildman–Crippen LogP) is 6.06. The molecule has 0 saturated heterocycles. The SMILES string of the molecule is CC[C@H](C)[C@H](N=[N+]=[N-])C(=O)[N-][C@H](C[C@@H](O)c1nc(C(=O)N[C@@H](Cc2ccc(C)cc2)C[C@H](C)C(=O)OC)cs1)C(C)C.[Y]. The molecule has 2 aromatic rings. The topological polar surface area (TPSA) is 168 Å². The first-order chi connectivity index (χ1) is 19.9. The second-order valence-electron chi connectivity index (χ2n) is 11.2. The first kappa shape index (κ1) is 38.7. The summed E-state index contributed by atoms with van der Waals surface area (Å²) in [5.74, 6) is -1.93. The van der Waals surface area contributed by atoms with Gasteiger partial charge in [-0.3, -0.25) is 9.59 Å². The first-order valence-corrected chi connectivity index (χ1v) is 15.1. The van der Waals surface area contributed by atoms with E-state index in [1.807, 2.05) is 58.9 Å². The minimum atomic E-state index is -1.05. The molecule has 0 saturated carbocycles. The number of benzene rings is 1. The molecule has 0 bridgehead atoms. The zero-order valence-electron chi connectivity index (χ0n) is 26.1. The number of aliphatic hydroxyl groups excluding tert-OH is 1. The van der Waals surface area contributed by atoms with Gasteiger partial charge in [-0.05, 0) is 43.2 Å². The van der Waals surface area contributed by atoms with Crippen molar-refractivity contribution >= 4 is 29.1 Å². The van der Waals surface area contributed by atoms with Gasteiger partial charge in [0.15, 0.2) is 0 Å². The van der Waals surface area contributed by atoms with Crippen LogP contribution >= 0.6 is 11.3 Å². The van der Waals surface area contributed by atoms with Crippen LogP contribution in [0.1, 0.15) is 86.6 Å². The Kier molecular flexibility index (Phi) is 17.2. The van der Waals surface area contributed by atoms with Gasteiger partial charge in [0.05, 0.1) is 25.0 Å². The van der Waals surface area contributed by atoms with Gasteiger partial charge in [0.1, 0.15) is 16.8 Å². The van der Waals surface area contributed by atoms with Gasteiger partial charge >= 0.3 is 5.97 Å². The van der Waals surface area contributed by atoms with Gasteiger partial charge in [0, 0.05) is 49.0 Å². The van der Waals surface area contributed by atoms with Crippen LogP contribution in [0.5, 0.6) is 0 Å². The van der Waals surface area contributed by atoms with Gasteiger partial charge in [0.25, 0.3) is 5.91 Å². The number of hydrogen-bond acceptors (Lipinski definition) is 8. The molecular weight excluding hydrogens is 645 g/mol. The Hall–Kier alpha value is -2.37. The number of ether oxygens (including phenoxy) is 1. The molecule has 233 valence electrons. The number of rotatable bonds is 16. The third kappa shape index (κ3) is 12.3. The summed E-state index contributed by atoms with van der Waals surface area (Å²) < 4.78 is 4.87. The summed E-state index contributed by atoms with van der Waals surface area (Å²) in [7, 11) is 1.34. The summed E-state index contributed by atoms with van der Waals surface area (Å²) in [6, 6.07) is 6.20. The van der Waals surface area contributed by atoms with Crippen molar-refractivity contribution in [2.45, 2.75) is 91.5 Å². The smallest absolute Gasteiger partial charge is 0.308 e. The number of aliphatic hydroxyl groups is 1. The molecular formula is C30H43N6O5SY-. The summed E-state index contributed by atoms with van der Waals surface area (Å²) in [5, 5.41) is 23.8. The van der Waals surface area contributed by atoms with E-state index in [1.165, 1.54) is 7.11 Å². The van der Waals surface area contributed by atoms with Crippen LogP contribution in [0.3, 0.4) is 0 Å². The zero-order chi connectivity index (χ0) is 31.4. The number of carbonyl (C=O) groups is 3. The van der Waals surface area contributed by atoms with E-state index < -0.39 is 35.9 Å². The van der Waals surface area contributed by atoms with Crippen LogP contribution in [-0.4, -0.2) is 53.1 Å². The Labute approximate surface area is 283 Å². The number of esters is 1. The molecule has 0 aliphatic heterocycles. The number of aryl methyl sites for hydroxylation is 1. The number of hydrogen-bond donors (Lipinski definition) is 2. The number of azide groups is 1. The van der Waals surface area contributed by atoms with Gasteiger partial charge in [-0.1, -0.05) is 81.9 Å². The number of thiazole rings is 1. The molecule has 0 aliphatic rings. The fourth-order valence-corrected chi connectivity index (χ4v) is 5.26. The number of nitrogens with one attached hydrogen (secondary N) is 1. The minimum absolute atomic E-state index is 0. The Morgan fingerprint density at radius 2 is 1.81 bits per heavy atom. The second kappa shape index (κ2) is 19.1. The molecule has 0 spiro atoms. The average molecular weight is 689 g/mol. The van der Waals surface area contributed by atoms with E-state index in [0.717, 1.165) is 22.5 Å². The van der Waals surface area contributed by atoms with Gasteiger partial charge in [0.2, 0.25) is 0 Å². The van der Waals surface area contributed by atoms with E-state index >= 15 is 0 Å². The minimum Gasteiger partial charge on any atom is -0.650 e.